The fourth-order valence-corrected chi connectivity index (χ4v) is 3.80. The third-order valence-corrected chi connectivity index (χ3v) is 5.55. The molecule has 5 N–H and O–H groups in total. The van der Waals surface area contributed by atoms with Gasteiger partial charge in [-0.15, -0.1) is 0 Å². The van der Waals surface area contributed by atoms with E-state index >= 15 is 0 Å². The van der Waals surface area contributed by atoms with Crippen LogP contribution in [0.2, 0.25) is 0 Å². The van der Waals surface area contributed by atoms with Crippen molar-refractivity contribution in [2.45, 2.75) is 56.1 Å². The Balaban J connectivity index is 1.61. The van der Waals surface area contributed by atoms with E-state index in [-0.39, 0.29) is 28.6 Å². The number of benzene rings is 1. The number of hydrogen-bond donors (Lipinski definition) is 4. The number of alkyl carbamates (subject to hydrolysis) is 1. The van der Waals surface area contributed by atoms with Gasteiger partial charge in [-0.2, -0.15) is 5.10 Å². The van der Waals surface area contributed by atoms with Gasteiger partial charge in [0, 0.05) is 23.7 Å². The summed E-state index contributed by atoms with van der Waals surface area (Å²) >= 11 is 0. The molecule has 2 aromatic rings. The zero-order valence-electron chi connectivity index (χ0n) is 16.1. The lowest BCUT2D eigenvalue weighted by Gasteiger charge is -2.14. The van der Waals surface area contributed by atoms with E-state index in [2.05, 4.69) is 20.8 Å². The molecule has 1 heterocycles. The van der Waals surface area contributed by atoms with Gasteiger partial charge in [0.05, 0.1) is 10.6 Å². The van der Waals surface area contributed by atoms with Gasteiger partial charge in [-0.05, 0) is 51.3 Å². The molecule has 0 spiro atoms. The first kappa shape index (κ1) is 21.1. The highest BCUT2D eigenvalue weighted by Gasteiger charge is 2.30. The molecule has 0 radical (unpaired) electrons. The third kappa shape index (κ3) is 5.45. The van der Waals surface area contributed by atoms with Gasteiger partial charge in [-0.3, -0.25) is 5.10 Å². The van der Waals surface area contributed by atoms with Gasteiger partial charge in [0.15, 0.2) is 5.82 Å². The molecule has 2 atom stereocenters. The van der Waals surface area contributed by atoms with Gasteiger partial charge in [-0.1, -0.05) is 0 Å². The number of ether oxygens (including phenoxy) is 1. The predicted molar refractivity (Wildman–Crippen MR) is 105 cm³/mol. The summed E-state index contributed by atoms with van der Waals surface area (Å²) in [6.45, 7) is 3.73. The van der Waals surface area contributed by atoms with Crippen molar-refractivity contribution in [1.82, 2.24) is 15.5 Å². The fraction of sp³-hybridized carbons (Fsp3) is 0.444. The van der Waals surface area contributed by atoms with Gasteiger partial charge in [0.2, 0.25) is 10.0 Å². The first-order valence-electron chi connectivity index (χ1n) is 9.23. The second kappa shape index (κ2) is 8.37. The lowest BCUT2D eigenvalue weighted by atomic mass is 10.0. The summed E-state index contributed by atoms with van der Waals surface area (Å²) in [6, 6.07) is 5.13. The van der Waals surface area contributed by atoms with E-state index in [4.69, 9.17) is 9.88 Å². The average Bonchev–Trinajstić information content (AvgIpc) is 3.24. The van der Waals surface area contributed by atoms with Crippen molar-refractivity contribution in [1.29, 1.82) is 0 Å². The monoisotopic (exact) mass is 425 g/mol. The van der Waals surface area contributed by atoms with Crippen LogP contribution < -0.4 is 15.8 Å². The molecule has 1 aromatic heterocycles. The van der Waals surface area contributed by atoms with E-state index in [9.17, 15) is 17.6 Å². The Kier molecular flexibility index (Phi) is 6.08. The number of nitrogens with zero attached hydrogens (tertiary/aromatic N) is 1. The number of aromatic amines is 1. The molecule has 158 valence electrons. The maximum atomic E-state index is 14.2. The smallest absolute Gasteiger partial charge is 0.407 e. The van der Waals surface area contributed by atoms with Crippen molar-refractivity contribution in [2.24, 2.45) is 5.14 Å². The Labute approximate surface area is 168 Å². The molecule has 0 saturated heterocycles. The quantitative estimate of drug-likeness (QED) is 0.561. The van der Waals surface area contributed by atoms with E-state index < -0.39 is 21.9 Å². The summed E-state index contributed by atoms with van der Waals surface area (Å²) in [6.07, 6.45) is 1.67. The Morgan fingerprint density at radius 1 is 1.34 bits per heavy atom. The van der Waals surface area contributed by atoms with Crippen molar-refractivity contribution >= 4 is 27.6 Å². The maximum absolute atomic E-state index is 14.2. The van der Waals surface area contributed by atoms with Gasteiger partial charge >= 0.3 is 6.09 Å². The fourth-order valence-electron chi connectivity index (χ4n) is 3.27. The van der Waals surface area contributed by atoms with Crippen molar-refractivity contribution in [2.75, 3.05) is 5.32 Å². The lowest BCUT2D eigenvalue weighted by Crippen LogP contribution is -2.33. The second-order valence-electron chi connectivity index (χ2n) is 7.36. The van der Waals surface area contributed by atoms with Crippen LogP contribution in [0.4, 0.5) is 20.7 Å². The third-order valence-electron chi connectivity index (χ3n) is 4.63. The Hall–Kier alpha value is -2.66. The summed E-state index contributed by atoms with van der Waals surface area (Å²) in [5.41, 5.74) is 0.929. The minimum atomic E-state index is -3.97. The van der Waals surface area contributed by atoms with Crippen LogP contribution in [0.5, 0.6) is 0 Å². The van der Waals surface area contributed by atoms with Crippen LogP contribution in [-0.4, -0.2) is 36.9 Å². The minimum Gasteiger partial charge on any atom is -0.446 e. The lowest BCUT2D eigenvalue weighted by molar-refractivity contribution is 0.0981. The molecule has 1 aromatic carbocycles. The number of amides is 1. The zero-order valence-corrected chi connectivity index (χ0v) is 16.9. The number of halogens is 1. The van der Waals surface area contributed by atoms with Crippen LogP contribution in [0, 0.1) is 5.82 Å². The van der Waals surface area contributed by atoms with Gasteiger partial charge < -0.3 is 15.4 Å². The van der Waals surface area contributed by atoms with E-state index in [1.807, 2.05) is 13.8 Å². The summed E-state index contributed by atoms with van der Waals surface area (Å²) in [7, 11) is -3.97. The average molecular weight is 425 g/mol. The molecule has 1 aliphatic carbocycles. The number of carbonyl (C=O) groups is 1. The molecule has 0 bridgehead atoms. The number of hydrogen-bond acceptors (Lipinski definition) is 6. The number of rotatable bonds is 6. The molecule has 1 aliphatic rings. The Morgan fingerprint density at radius 3 is 2.76 bits per heavy atom. The summed E-state index contributed by atoms with van der Waals surface area (Å²) < 4.78 is 42.2. The first-order valence-corrected chi connectivity index (χ1v) is 10.8. The summed E-state index contributed by atoms with van der Waals surface area (Å²) in [5, 5.41) is 17.6. The molecule has 9 nitrogen and oxygen atoms in total. The highest BCUT2D eigenvalue weighted by Crippen LogP contribution is 2.36. The van der Waals surface area contributed by atoms with Gasteiger partial charge in [-0.25, -0.2) is 22.7 Å². The SMILES string of the molecule is CC(C)NC(=O)OC1CCC(c2cc(Nc3ccc(S(N)(=O)=O)cc3F)n[nH]2)C1. The van der Waals surface area contributed by atoms with Crippen LogP contribution in [0.1, 0.15) is 44.7 Å². The van der Waals surface area contributed by atoms with Gasteiger partial charge in [0.25, 0.3) is 0 Å². The standard InChI is InChI=1S/C18H24FN5O4S/c1-10(2)21-18(25)28-12-4-3-11(7-12)16-9-17(24-23-16)22-15-6-5-13(8-14(15)19)29(20,26)27/h5-6,8-12H,3-4,7H2,1-2H3,(H,21,25)(H2,20,26,27)(H2,22,23,24). The second-order valence-corrected chi connectivity index (χ2v) is 8.92. The molecular formula is C18H24FN5O4S. The molecule has 29 heavy (non-hydrogen) atoms. The maximum Gasteiger partial charge on any atom is 0.407 e. The predicted octanol–water partition coefficient (Wildman–Crippen LogP) is 2.71. The number of nitrogens with one attached hydrogen (secondary N) is 3. The van der Waals surface area contributed by atoms with Crippen molar-refractivity contribution < 1.29 is 22.3 Å². The summed E-state index contributed by atoms with van der Waals surface area (Å²) in [4.78, 5) is 11.4. The Morgan fingerprint density at radius 2 is 2.10 bits per heavy atom. The van der Waals surface area contributed by atoms with E-state index in [1.54, 1.807) is 6.07 Å². The molecule has 1 amide bonds. The largest absolute Gasteiger partial charge is 0.446 e. The molecule has 0 aliphatic heterocycles. The normalized spacial score (nSPS) is 19.3. The van der Waals surface area contributed by atoms with Crippen molar-refractivity contribution in [3.63, 3.8) is 0 Å². The first-order chi connectivity index (χ1) is 13.6. The molecule has 3 rings (SSSR count). The molecule has 1 saturated carbocycles. The van der Waals surface area contributed by atoms with E-state index in [0.29, 0.717) is 12.2 Å². The van der Waals surface area contributed by atoms with E-state index in [1.165, 1.54) is 12.1 Å². The van der Waals surface area contributed by atoms with Crippen LogP contribution in [0.15, 0.2) is 29.2 Å². The van der Waals surface area contributed by atoms with Crippen molar-refractivity contribution in [3.8, 4) is 0 Å². The summed E-state index contributed by atoms with van der Waals surface area (Å²) in [5.74, 6) is -0.222. The zero-order chi connectivity index (χ0) is 21.2. The molecule has 2 unspecified atom stereocenters. The highest BCUT2D eigenvalue weighted by molar-refractivity contribution is 7.89. The molecule has 1 fully saturated rings. The highest BCUT2D eigenvalue weighted by atomic mass is 32.2. The topological polar surface area (TPSA) is 139 Å². The number of H-pyrrole nitrogens is 1. The number of nitrogens with two attached hydrogens (primary N) is 1. The molecule has 11 heteroatoms. The number of anilines is 2. The Bertz CT molecular complexity index is 992. The van der Waals surface area contributed by atoms with Crippen LogP contribution in [0.25, 0.3) is 0 Å². The number of aromatic nitrogens is 2. The minimum absolute atomic E-state index is 0.0142. The van der Waals surface area contributed by atoms with Gasteiger partial charge in [0.1, 0.15) is 11.9 Å². The van der Waals surface area contributed by atoms with Crippen LogP contribution >= 0.6 is 0 Å². The molecular weight excluding hydrogens is 401 g/mol. The van der Waals surface area contributed by atoms with Crippen molar-refractivity contribution in [3.05, 3.63) is 35.8 Å². The van der Waals surface area contributed by atoms with E-state index in [0.717, 1.165) is 24.6 Å². The number of sulfonamides is 1. The number of primary sulfonamides is 1. The van der Waals surface area contributed by atoms with Crippen LogP contribution in [-0.2, 0) is 14.8 Å². The van der Waals surface area contributed by atoms with Crippen LogP contribution in [0.3, 0.4) is 0 Å². The number of carbonyl (C=O) groups excluding carboxylic acids is 1.